The molecule has 3 rings (SSSR count). The lowest BCUT2D eigenvalue weighted by Gasteiger charge is -2.26. The van der Waals surface area contributed by atoms with Gasteiger partial charge in [-0.3, -0.25) is 23.9 Å². The summed E-state index contributed by atoms with van der Waals surface area (Å²) in [4.78, 5) is 59.6. The average molecular weight is 605 g/mol. The number of ether oxygens (including phenoxy) is 2. The van der Waals surface area contributed by atoms with Crippen molar-refractivity contribution in [2.24, 2.45) is 0 Å². The fourth-order valence-corrected chi connectivity index (χ4v) is 7.13. The van der Waals surface area contributed by atoms with Gasteiger partial charge in [-0.05, 0) is 77.6 Å². The van der Waals surface area contributed by atoms with E-state index in [2.05, 4.69) is 25.1 Å². The SMILES string of the molecule is CCOC(=O)[C@H](C)NP(=O)(CCCCCCn1c2nc(=O)[nH]c(=O)c-2nc2cc(C)c(C)cc21)N[C@@H](C)C(=O)OCC. The van der Waals surface area contributed by atoms with Crippen molar-refractivity contribution in [1.82, 2.24) is 29.7 Å². The number of carbonyl (C=O) groups excluding carboxylic acids is 2. The maximum absolute atomic E-state index is 13.8. The molecule has 0 spiro atoms. The zero-order valence-corrected chi connectivity index (χ0v) is 26.0. The molecule has 2 heterocycles. The molecule has 14 heteroatoms. The smallest absolute Gasteiger partial charge is 0.349 e. The van der Waals surface area contributed by atoms with Gasteiger partial charge in [0.25, 0.3) is 5.56 Å². The van der Waals surface area contributed by atoms with Crippen LogP contribution >= 0.6 is 7.44 Å². The van der Waals surface area contributed by atoms with E-state index >= 15 is 0 Å². The van der Waals surface area contributed by atoms with Crippen LogP contribution in [0.1, 0.15) is 64.5 Å². The van der Waals surface area contributed by atoms with Crippen LogP contribution in [0.2, 0.25) is 0 Å². The Kier molecular flexibility index (Phi) is 11.6. The lowest BCUT2D eigenvalue weighted by Crippen LogP contribution is -2.42. The highest BCUT2D eigenvalue weighted by molar-refractivity contribution is 7.59. The zero-order chi connectivity index (χ0) is 31.0. The fourth-order valence-electron chi connectivity index (χ4n) is 4.67. The van der Waals surface area contributed by atoms with Crippen LogP contribution in [0.25, 0.3) is 22.6 Å². The van der Waals surface area contributed by atoms with E-state index < -0.39 is 42.7 Å². The molecule has 0 aromatic heterocycles. The second-order valence-electron chi connectivity index (χ2n) is 10.3. The van der Waals surface area contributed by atoms with Gasteiger partial charge in [0.2, 0.25) is 7.44 Å². The van der Waals surface area contributed by atoms with Crippen molar-refractivity contribution in [3.63, 3.8) is 0 Å². The molecule has 2 aliphatic rings. The van der Waals surface area contributed by atoms with Gasteiger partial charge in [-0.2, -0.15) is 4.98 Å². The van der Waals surface area contributed by atoms with Gasteiger partial charge < -0.3 is 14.0 Å². The Morgan fingerprint density at radius 2 is 1.50 bits per heavy atom. The van der Waals surface area contributed by atoms with Crippen LogP contribution < -0.4 is 21.4 Å². The molecule has 0 amide bonds. The molecule has 230 valence electrons. The maximum Gasteiger partial charge on any atom is 0.349 e. The third kappa shape index (κ3) is 8.33. The van der Waals surface area contributed by atoms with Gasteiger partial charge in [0.1, 0.15) is 12.1 Å². The Labute approximate surface area is 244 Å². The van der Waals surface area contributed by atoms with Crippen LogP contribution in [-0.4, -0.2) is 62.9 Å². The van der Waals surface area contributed by atoms with E-state index in [9.17, 15) is 23.7 Å². The standard InChI is InChI=1S/C28H41N6O7P/c1-7-40-26(36)19(5)32-42(39,33-20(6)27(37)41-8-2)14-12-10-9-11-13-34-22-16-18(4)17(3)15-21(22)29-23-24(34)30-28(38)31-25(23)35/h15-16,19-20H,7-14H2,1-6H3,(H,31,35,38)(H2,32,33,39)/t19-,20-/m0/s1. The molecule has 2 aliphatic heterocycles. The predicted octanol–water partition coefficient (Wildman–Crippen LogP) is 3.04. The summed E-state index contributed by atoms with van der Waals surface area (Å²) in [5, 5.41) is 5.73. The van der Waals surface area contributed by atoms with Crippen molar-refractivity contribution in [1.29, 1.82) is 0 Å². The number of fused-ring (bicyclic) bond motifs is 2. The highest BCUT2D eigenvalue weighted by Gasteiger charge is 2.31. The molecule has 42 heavy (non-hydrogen) atoms. The second kappa shape index (κ2) is 14.7. The van der Waals surface area contributed by atoms with Gasteiger partial charge in [0.05, 0.1) is 24.2 Å². The highest BCUT2D eigenvalue weighted by Crippen LogP contribution is 2.39. The van der Waals surface area contributed by atoms with Crippen LogP contribution in [0, 0.1) is 13.8 Å². The number of aromatic nitrogens is 4. The van der Waals surface area contributed by atoms with Crippen molar-refractivity contribution in [2.75, 3.05) is 19.4 Å². The molecule has 0 bridgehead atoms. The second-order valence-corrected chi connectivity index (χ2v) is 12.8. The van der Waals surface area contributed by atoms with Crippen LogP contribution in [0.15, 0.2) is 21.7 Å². The Hall–Kier alpha value is -3.41. The minimum absolute atomic E-state index is 0.106. The molecule has 1 aromatic rings. The Morgan fingerprint density at radius 1 is 0.929 bits per heavy atom. The topological polar surface area (TPSA) is 174 Å². The van der Waals surface area contributed by atoms with Gasteiger partial charge >= 0.3 is 17.6 Å². The number of nitrogens with zero attached hydrogens (tertiary/aromatic N) is 3. The van der Waals surface area contributed by atoms with Crippen LogP contribution in [0.3, 0.4) is 0 Å². The predicted molar refractivity (Wildman–Crippen MR) is 160 cm³/mol. The van der Waals surface area contributed by atoms with Crippen LogP contribution in [0.5, 0.6) is 0 Å². The van der Waals surface area contributed by atoms with Crippen molar-refractivity contribution < 1.29 is 23.6 Å². The summed E-state index contributed by atoms with van der Waals surface area (Å²) in [6.45, 7) is 11.4. The molecule has 3 N–H and O–H groups in total. The number of benzene rings is 1. The summed E-state index contributed by atoms with van der Waals surface area (Å²) < 4.78 is 25.7. The zero-order valence-electron chi connectivity index (χ0n) is 25.1. The molecule has 0 unspecified atom stereocenters. The van der Waals surface area contributed by atoms with Crippen LogP contribution in [-0.2, 0) is 30.2 Å². The number of H-pyrrole nitrogens is 1. The number of esters is 2. The number of unbranched alkanes of at least 4 members (excludes halogenated alkanes) is 3. The maximum atomic E-state index is 13.8. The van der Waals surface area contributed by atoms with Gasteiger partial charge in [0, 0.05) is 12.7 Å². The largest absolute Gasteiger partial charge is 0.465 e. The minimum atomic E-state index is -3.38. The molecule has 1 aromatic carbocycles. The molecule has 0 radical (unpaired) electrons. The van der Waals surface area contributed by atoms with Crippen LogP contribution in [0.4, 0.5) is 0 Å². The molecule has 2 atom stereocenters. The summed E-state index contributed by atoms with van der Waals surface area (Å²) in [5.74, 6) is -0.828. The molecule has 0 aliphatic carbocycles. The summed E-state index contributed by atoms with van der Waals surface area (Å²) in [7, 11) is -3.38. The number of hydrogen-bond donors (Lipinski definition) is 3. The van der Waals surface area contributed by atoms with E-state index in [1.807, 2.05) is 30.5 Å². The molecular weight excluding hydrogens is 563 g/mol. The quantitative estimate of drug-likeness (QED) is 0.101. The lowest BCUT2D eigenvalue weighted by atomic mass is 10.1. The minimum Gasteiger partial charge on any atom is -0.465 e. The first-order valence-electron chi connectivity index (χ1n) is 14.3. The summed E-state index contributed by atoms with van der Waals surface area (Å²) in [6.07, 6.45) is 2.89. The molecule has 0 fully saturated rings. The average Bonchev–Trinajstić information content (AvgIpc) is 2.91. The normalized spacial score (nSPS) is 13.3. The van der Waals surface area contributed by atoms with Crippen molar-refractivity contribution in [3.05, 3.63) is 44.1 Å². The third-order valence-electron chi connectivity index (χ3n) is 6.91. The van der Waals surface area contributed by atoms with Gasteiger partial charge in [-0.15, -0.1) is 0 Å². The Bertz CT molecular complexity index is 1520. The number of carbonyl (C=O) groups is 2. The molecule has 0 saturated heterocycles. The van der Waals surface area contributed by atoms with Gasteiger partial charge in [-0.25, -0.2) is 20.0 Å². The summed E-state index contributed by atoms with van der Waals surface area (Å²) in [5.41, 5.74) is 2.30. The van der Waals surface area contributed by atoms with Crippen molar-refractivity contribution in [2.45, 2.75) is 85.9 Å². The fraction of sp³-hybridized carbons (Fsp3) is 0.571. The first-order chi connectivity index (χ1) is 19.9. The number of nitrogens with one attached hydrogen (secondary N) is 3. The van der Waals surface area contributed by atoms with E-state index in [-0.39, 0.29) is 30.9 Å². The molecular formula is C28H41N6O7P. The highest BCUT2D eigenvalue weighted by atomic mass is 31.2. The Morgan fingerprint density at radius 3 is 2.10 bits per heavy atom. The first kappa shape index (κ1) is 33.1. The van der Waals surface area contributed by atoms with Gasteiger partial charge in [0.15, 0.2) is 11.5 Å². The number of hydrogen-bond acceptors (Lipinski definition) is 9. The van der Waals surface area contributed by atoms with Crippen molar-refractivity contribution in [3.8, 4) is 11.5 Å². The van der Waals surface area contributed by atoms with E-state index in [1.165, 1.54) is 0 Å². The van der Waals surface area contributed by atoms with E-state index in [1.54, 1.807) is 27.7 Å². The summed E-state index contributed by atoms with van der Waals surface area (Å²) >= 11 is 0. The van der Waals surface area contributed by atoms with Gasteiger partial charge in [-0.1, -0.05) is 12.8 Å². The van der Waals surface area contributed by atoms with E-state index in [4.69, 9.17) is 9.47 Å². The number of aryl methyl sites for hydroxylation is 3. The monoisotopic (exact) mass is 604 g/mol. The third-order valence-corrected chi connectivity index (χ3v) is 9.47. The van der Waals surface area contributed by atoms with E-state index in [0.717, 1.165) is 23.1 Å². The lowest BCUT2D eigenvalue weighted by molar-refractivity contribution is -0.145. The summed E-state index contributed by atoms with van der Waals surface area (Å²) in [6, 6.07) is 2.22. The molecule has 13 nitrogen and oxygen atoms in total. The first-order valence-corrected chi connectivity index (χ1v) is 16.2. The Balaban J connectivity index is 1.71. The number of rotatable bonds is 15. The molecule has 0 saturated carbocycles. The van der Waals surface area contributed by atoms with Crippen molar-refractivity contribution >= 4 is 30.4 Å². The number of aromatic amines is 1. The van der Waals surface area contributed by atoms with E-state index in [0.29, 0.717) is 31.3 Å².